The first kappa shape index (κ1) is 12.7. The van der Waals surface area contributed by atoms with Gasteiger partial charge in [0.15, 0.2) is 0 Å². The van der Waals surface area contributed by atoms with Crippen molar-refractivity contribution in [2.45, 2.75) is 20.4 Å². The summed E-state index contributed by atoms with van der Waals surface area (Å²) in [5.41, 5.74) is 1.63. The largest absolute Gasteiger partial charge is 0.345 e. The third-order valence-corrected chi connectivity index (χ3v) is 3.43. The van der Waals surface area contributed by atoms with E-state index in [1.165, 1.54) is 7.05 Å². The van der Waals surface area contributed by atoms with E-state index in [4.69, 9.17) is 0 Å². The molecule has 1 aromatic carbocycles. The summed E-state index contributed by atoms with van der Waals surface area (Å²) < 4.78 is 2.81. The number of hydrogen-bond acceptors (Lipinski definition) is 3. The van der Waals surface area contributed by atoms with Crippen LogP contribution in [0.5, 0.6) is 0 Å². The van der Waals surface area contributed by atoms with Gasteiger partial charge in [-0.15, -0.1) is 0 Å². The standard InChI is InChI=1S/C14H16N4O2/c1-8(2)6-18-12-5-11-10(15-7-16-11)4-9(12)13(19)17(3)14(18)20/h4-5,7-8H,6H2,1-3H3,(H,15,16). The number of hydrogen-bond donors (Lipinski definition) is 1. The van der Waals surface area contributed by atoms with Crippen LogP contribution in [0.4, 0.5) is 0 Å². The molecule has 6 nitrogen and oxygen atoms in total. The van der Waals surface area contributed by atoms with Crippen LogP contribution in [0.1, 0.15) is 13.8 Å². The van der Waals surface area contributed by atoms with Gasteiger partial charge in [0.05, 0.1) is 28.3 Å². The van der Waals surface area contributed by atoms with E-state index in [1.54, 1.807) is 23.0 Å². The molecule has 0 saturated carbocycles. The number of nitrogens with zero attached hydrogens (tertiary/aromatic N) is 3. The molecule has 0 fully saturated rings. The van der Waals surface area contributed by atoms with Crippen molar-refractivity contribution < 1.29 is 0 Å². The number of rotatable bonds is 2. The van der Waals surface area contributed by atoms with Crippen LogP contribution in [0.3, 0.4) is 0 Å². The van der Waals surface area contributed by atoms with Crippen LogP contribution in [0, 0.1) is 5.92 Å². The van der Waals surface area contributed by atoms with Crippen molar-refractivity contribution in [3.8, 4) is 0 Å². The molecule has 0 saturated heterocycles. The van der Waals surface area contributed by atoms with Crippen LogP contribution in [-0.4, -0.2) is 19.1 Å². The van der Waals surface area contributed by atoms with E-state index in [2.05, 4.69) is 9.97 Å². The lowest BCUT2D eigenvalue weighted by Crippen LogP contribution is -2.38. The number of aromatic amines is 1. The summed E-state index contributed by atoms with van der Waals surface area (Å²) in [6.45, 7) is 4.65. The molecule has 0 amide bonds. The molecule has 0 bridgehead atoms. The summed E-state index contributed by atoms with van der Waals surface area (Å²) in [4.78, 5) is 31.8. The molecular formula is C14H16N4O2. The summed E-state index contributed by atoms with van der Waals surface area (Å²) in [6, 6.07) is 3.56. The van der Waals surface area contributed by atoms with Gasteiger partial charge in [-0.2, -0.15) is 0 Å². The number of aromatic nitrogens is 4. The lowest BCUT2D eigenvalue weighted by Gasteiger charge is -2.13. The van der Waals surface area contributed by atoms with E-state index >= 15 is 0 Å². The lowest BCUT2D eigenvalue weighted by molar-refractivity contribution is 0.502. The predicted octanol–water partition coefficient (Wildman–Crippen LogP) is 1.23. The zero-order chi connectivity index (χ0) is 14.4. The van der Waals surface area contributed by atoms with Crippen LogP contribution >= 0.6 is 0 Å². The Balaban J connectivity index is 2.52. The van der Waals surface area contributed by atoms with Crippen LogP contribution in [0.2, 0.25) is 0 Å². The fourth-order valence-corrected chi connectivity index (χ4v) is 2.46. The van der Waals surface area contributed by atoms with E-state index < -0.39 is 0 Å². The molecule has 2 aromatic heterocycles. The third-order valence-electron chi connectivity index (χ3n) is 3.43. The molecular weight excluding hydrogens is 256 g/mol. The zero-order valence-electron chi connectivity index (χ0n) is 11.7. The minimum atomic E-state index is -0.286. The van der Waals surface area contributed by atoms with E-state index in [0.717, 1.165) is 15.6 Å². The Bertz CT molecular complexity index is 914. The van der Waals surface area contributed by atoms with Crippen molar-refractivity contribution in [3.63, 3.8) is 0 Å². The first-order chi connectivity index (χ1) is 9.49. The van der Waals surface area contributed by atoms with Crippen molar-refractivity contribution in [1.82, 2.24) is 19.1 Å². The van der Waals surface area contributed by atoms with E-state index in [9.17, 15) is 9.59 Å². The van der Waals surface area contributed by atoms with E-state index in [1.807, 2.05) is 13.8 Å². The van der Waals surface area contributed by atoms with Crippen LogP contribution in [-0.2, 0) is 13.6 Å². The maximum atomic E-state index is 12.3. The summed E-state index contributed by atoms with van der Waals surface area (Å²) >= 11 is 0. The molecule has 104 valence electrons. The Morgan fingerprint density at radius 2 is 2.05 bits per heavy atom. The van der Waals surface area contributed by atoms with Gasteiger partial charge in [-0.25, -0.2) is 9.78 Å². The van der Waals surface area contributed by atoms with Gasteiger partial charge in [-0.3, -0.25) is 13.9 Å². The number of nitrogens with one attached hydrogen (secondary N) is 1. The summed E-state index contributed by atoms with van der Waals surface area (Å²) in [6.07, 6.45) is 1.58. The Morgan fingerprint density at radius 3 is 2.75 bits per heavy atom. The molecule has 0 radical (unpaired) electrons. The highest BCUT2D eigenvalue weighted by Gasteiger charge is 2.13. The summed E-state index contributed by atoms with van der Waals surface area (Å²) in [5.74, 6) is 0.309. The Labute approximate surface area is 114 Å². The molecule has 0 atom stereocenters. The van der Waals surface area contributed by atoms with Gasteiger partial charge in [-0.1, -0.05) is 13.8 Å². The van der Waals surface area contributed by atoms with Gasteiger partial charge in [0.2, 0.25) is 0 Å². The number of H-pyrrole nitrogens is 1. The second-order valence-electron chi connectivity index (χ2n) is 5.44. The Kier molecular flexibility index (Phi) is 2.74. The molecule has 0 aliphatic rings. The van der Waals surface area contributed by atoms with Crippen molar-refractivity contribution in [2.24, 2.45) is 13.0 Å². The highest BCUT2D eigenvalue weighted by atomic mass is 16.2. The van der Waals surface area contributed by atoms with Crippen molar-refractivity contribution in [2.75, 3.05) is 0 Å². The topological polar surface area (TPSA) is 72.7 Å². The highest BCUT2D eigenvalue weighted by molar-refractivity contribution is 5.92. The molecule has 1 N–H and O–H groups in total. The molecule has 3 aromatic rings. The zero-order valence-corrected chi connectivity index (χ0v) is 11.7. The number of fused-ring (bicyclic) bond motifs is 2. The van der Waals surface area contributed by atoms with E-state index in [0.29, 0.717) is 23.4 Å². The van der Waals surface area contributed by atoms with E-state index in [-0.39, 0.29) is 11.2 Å². The van der Waals surface area contributed by atoms with Gasteiger partial charge in [0, 0.05) is 13.6 Å². The quantitative estimate of drug-likeness (QED) is 0.762. The summed E-state index contributed by atoms with van der Waals surface area (Å²) in [5, 5.41) is 0.532. The monoisotopic (exact) mass is 272 g/mol. The maximum absolute atomic E-state index is 12.3. The molecule has 6 heteroatoms. The molecule has 0 aliphatic heterocycles. The molecule has 3 rings (SSSR count). The van der Waals surface area contributed by atoms with Crippen LogP contribution < -0.4 is 11.2 Å². The lowest BCUT2D eigenvalue weighted by atomic mass is 10.2. The van der Waals surface area contributed by atoms with Gasteiger partial charge >= 0.3 is 5.69 Å². The van der Waals surface area contributed by atoms with Gasteiger partial charge < -0.3 is 4.98 Å². The molecule has 0 unspecified atom stereocenters. The Morgan fingerprint density at radius 1 is 1.30 bits per heavy atom. The maximum Gasteiger partial charge on any atom is 0.331 e. The smallest absolute Gasteiger partial charge is 0.331 e. The fraction of sp³-hybridized carbons (Fsp3) is 0.357. The fourth-order valence-electron chi connectivity index (χ4n) is 2.46. The molecule has 2 heterocycles. The number of benzene rings is 1. The summed E-state index contributed by atoms with van der Waals surface area (Å²) in [7, 11) is 1.51. The van der Waals surface area contributed by atoms with Crippen LogP contribution in [0.25, 0.3) is 21.9 Å². The number of imidazole rings is 1. The molecule has 0 spiro atoms. The van der Waals surface area contributed by atoms with Crippen molar-refractivity contribution >= 4 is 21.9 Å². The second kappa shape index (κ2) is 4.33. The molecule has 0 aliphatic carbocycles. The van der Waals surface area contributed by atoms with Crippen molar-refractivity contribution in [3.05, 3.63) is 39.3 Å². The van der Waals surface area contributed by atoms with Gasteiger partial charge in [0.25, 0.3) is 5.56 Å². The SMILES string of the molecule is CC(C)Cn1c(=O)n(C)c(=O)c2cc3[nH]cnc3cc21. The third kappa shape index (κ3) is 1.76. The second-order valence-corrected chi connectivity index (χ2v) is 5.44. The minimum absolute atomic E-state index is 0.276. The highest BCUT2D eigenvalue weighted by Crippen LogP contribution is 2.17. The van der Waals surface area contributed by atoms with Gasteiger partial charge in [-0.05, 0) is 18.1 Å². The first-order valence-corrected chi connectivity index (χ1v) is 6.55. The normalized spacial score (nSPS) is 11.8. The van der Waals surface area contributed by atoms with Crippen molar-refractivity contribution in [1.29, 1.82) is 0 Å². The predicted molar refractivity (Wildman–Crippen MR) is 77.9 cm³/mol. The first-order valence-electron chi connectivity index (χ1n) is 6.55. The average Bonchev–Trinajstić information content (AvgIpc) is 2.86. The Hall–Kier alpha value is -2.37. The van der Waals surface area contributed by atoms with Gasteiger partial charge in [0.1, 0.15) is 0 Å². The molecule has 20 heavy (non-hydrogen) atoms. The average molecular weight is 272 g/mol. The minimum Gasteiger partial charge on any atom is -0.345 e. The van der Waals surface area contributed by atoms with Crippen LogP contribution in [0.15, 0.2) is 28.0 Å².